The summed E-state index contributed by atoms with van der Waals surface area (Å²) in [5.74, 6) is -8.53. The number of nitrogens with two attached hydrogens (primary N) is 1. The molecule has 0 radical (unpaired) electrons. The van der Waals surface area contributed by atoms with Gasteiger partial charge >= 0.3 is 12.0 Å². The SMILES string of the molecule is CC(C)[C@H](NC(=O)[C@H](CC(=O)O)NC(=O)[C@@H](NC(=O)[C@@H]1CCCN1)[C@@H](C)O)C(=O)NCC(=O)N1CCC[C@H]1C(=O)NN(Cc1ccccc1)C(=O)N[C@@H](C)C(=O)N[C@@H](Cc1ccccc1)C(N)=O. The van der Waals surface area contributed by atoms with Crippen molar-refractivity contribution in [2.75, 3.05) is 19.6 Å². The van der Waals surface area contributed by atoms with Crippen LogP contribution in [-0.4, -0.2) is 147 Å². The zero-order valence-corrected chi connectivity index (χ0v) is 38.5. The summed E-state index contributed by atoms with van der Waals surface area (Å²) in [5, 5.41) is 38.4. The Balaban J connectivity index is 1.38. The molecule has 2 fully saturated rings. The van der Waals surface area contributed by atoms with E-state index in [1.165, 1.54) is 18.7 Å². The number of rotatable bonds is 22. The minimum Gasteiger partial charge on any atom is -0.481 e. The van der Waals surface area contributed by atoms with Gasteiger partial charge in [0.2, 0.25) is 41.4 Å². The summed E-state index contributed by atoms with van der Waals surface area (Å²) in [5.41, 5.74) is 9.47. The van der Waals surface area contributed by atoms with E-state index in [0.717, 1.165) is 17.0 Å². The first-order chi connectivity index (χ1) is 32.2. The van der Waals surface area contributed by atoms with Crippen LogP contribution in [0.5, 0.6) is 0 Å². The molecule has 23 heteroatoms. The van der Waals surface area contributed by atoms with Gasteiger partial charge in [-0.05, 0) is 63.1 Å². The maximum absolute atomic E-state index is 13.8. The van der Waals surface area contributed by atoms with E-state index in [1.807, 2.05) is 0 Å². The van der Waals surface area contributed by atoms with Crippen LogP contribution in [0.2, 0.25) is 0 Å². The molecule has 0 bridgehead atoms. The van der Waals surface area contributed by atoms with Crippen molar-refractivity contribution in [3.05, 3.63) is 71.8 Å². The lowest BCUT2D eigenvalue weighted by atomic mass is 10.0. The van der Waals surface area contributed by atoms with Crippen molar-refractivity contribution in [3.8, 4) is 0 Å². The molecule has 0 aromatic heterocycles. The summed E-state index contributed by atoms with van der Waals surface area (Å²) in [4.78, 5) is 132. The van der Waals surface area contributed by atoms with Gasteiger partial charge in [0.15, 0.2) is 0 Å². The van der Waals surface area contributed by atoms with Gasteiger partial charge in [-0.15, -0.1) is 0 Å². The molecule has 0 saturated carbocycles. The fourth-order valence-corrected chi connectivity index (χ4v) is 7.55. The average Bonchev–Trinajstić information content (AvgIpc) is 4.03. The number of hydrogen-bond acceptors (Lipinski definition) is 12. The van der Waals surface area contributed by atoms with Crippen molar-refractivity contribution in [2.45, 2.75) is 121 Å². The molecule has 68 heavy (non-hydrogen) atoms. The van der Waals surface area contributed by atoms with Crippen LogP contribution < -0.4 is 48.4 Å². The summed E-state index contributed by atoms with van der Waals surface area (Å²) in [6.45, 7) is 5.68. The Morgan fingerprint density at radius 1 is 0.735 bits per heavy atom. The third-order valence-electron chi connectivity index (χ3n) is 11.3. The van der Waals surface area contributed by atoms with E-state index in [9.17, 15) is 58.2 Å². The molecular formula is C45H63N11O12. The van der Waals surface area contributed by atoms with Gasteiger partial charge in [0.25, 0.3) is 5.91 Å². The molecule has 2 aliphatic rings. The summed E-state index contributed by atoms with van der Waals surface area (Å²) in [6, 6.07) is 7.99. The molecule has 2 aromatic rings. The molecule has 370 valence electrons. The highest BCUT2D eigenvalue weighted by Gasteiger charge is 2.38. The number of nitrogens with one attached hydrogen (secondary N) is 8. The largest absolute Gasteiger partial charge is 0.481 e. The topological polar surface area (TPSA) is 340 Å². The quantitative estimate of drug-likeness (QED) is 0.0552. The van der Waals surface area contributed by atoms with E-state index in [1.54, 1.807) is 74.5 Å². The molecule has 2 aliphatic heterocycles. The number of aliphatic carboxylic acids is 1. The van der Waals surface area contributed by atoms with Gasteiger partial charge in [-0.25, -0.2) is 9.80 Å². The summed E-state index contributed by atoms with van der Waals surface area (Å²) in [6.07, 6.45) is -0.434. The standard InChI is InChI=1S/C45H63N11O12/c1-25(2)36(52-41(64)32(22-35(59)60)51-44(67)37(27(4)57)53-40(63)30-17-11-19-47-30)43(66)48-23-34(58)55-20-12-18-33(55)42(65)54-56(24-29-15-9-6-10-16-29)45(68)49-26(3)39(62)50-31(38(46)61)21-28-13-7-5-8-14-28/h5-10,13-16,25-27,30-33,36-37,47,57H,11-12,17-24H2,1-4H3,(H2,46,61)(H,48,66)(H,49,68)(H,50,62)(H,51,67)(H,52,64)(H,53,63)(H,54,65)(H,59,60)/t26-,27+,30-,31-,32-,33-,36-,37-/m0/s1. The van der Waals surface area contributed by atoms with Crippen LogP contribution in [0.1, 0.15) is 70.9 Å². The van der Waals surface area contributed by atoms with E-state index in [2.05, 4.69) is 42.6 Å². The van der Waals surface area contributed by atoms with Gasteiger partial charge in [0.1, 0.15) is 36.3 Å². The first-order valence-corrected chi connectivity index (χ1v) is 22.4. The van der Waals surface area contributed by atoms with E-state index >= 15 is 0 Å². The number of carboxylic acids is 1. The van der Waals surface area contributed by atoms with Crippen molar-refractivity contribution in [3.63, 3.8) is 0 Å². The molecule has 2 aromatic carbocycles. The second-order valence-electron chi connectivity index (χ2n) is 17.1. The number of primary amides is 1. The first-order valence-electron chi connectivity index (χ1n) is 22.4. The second kappa shape index (κ2) is 25.7. The van der Waals surface area contributed by atoms with Crippen LogP contribution in [0.4, 0.5) is 4.79 Å². The van der Waals surface area contributed by atoms with Gasteiger partial charge in [-0.1, -0.05) is 74.5 Å². The van der Waals surface area contributed by atoms with Crippen LogP contribution in [-0.2, 0) is 56.1 Å². The molecule has 8 atom stereocenters. The predicted molar refractivity (Wildman–Crippen MR) is 243 cm³/mol. The Bertz CT molecular complexity index is 2120. The number of nitrogens with zero attached hydrogens (tertiary/aromatic N) is 2. The Morgan fingerprint density at radius 2 is 1.37 bits per heavy atom. The van der Waals surface area contributed by atoms with E-state index < -0.39 is 127 Å². The lowest BCUT2D eigenvalue weighted by molar-refractivity contribution is -0.142. The van der Waals surface area contributed by atoms with Gasteiger partial charge in [-0.3, -0.25) is 48.6 Å². The minimum absolute atomic E-state index is 0.110. The smallest absolute Gasteiger partial charge is 0.337 e. The van der Waals surface area contributed by atoms with Crippen molar-refractivity contribution >= 4 is 59.3 Å². The molecule has 0 spiro atoms. The minimum atomic E-state index is -1.75. The zero-order chi connectivity index (χ0) is 50.1. The van der Waals surface area contributed by atoms with Gasteiger partial charge in [0.05, 0.1) is 31.7 Å². The molecule has 2 heterocycles. The lowest BCUT2D eigenvalue weighted by Crippen LogP contribution is -2.61. The fourth-order valence-electron chi connectivity index (χ4n) is 7.55. The Kier molecular flexibility index (Phi) is 20.2. The molecule has 2 saturated heterocycles. The van der Waals surface area contributed by atoms with Crippen LogP contribution in [0, 0.1) is 5.92 Å². The molecular weight excluding hydrogens is 887 g/mol. The number of carbonyl (C=O) groups excluding carboxylic acids is 9. The summed E-state index contributed by atoms with van der Waals surface area (Å²) in [7, 11) is 0. The third-order valence-corrected chi connectivity index (χ3v) is 11.3. The monoisotopic (exact) mass is 949 g/mol. The van der Waals surface area contributed by atoms with Crippen molar-refractivity contribution in [1.82, 2.24) is 52.6 Å². The maximum Gasteiger partial charge on any atom is 0.337 e. The predicted octanol–water partition coefficient (Wildman–Crippen LogP) is -2.34. The second-order valence-corrected chi connectivity index (χ2v) is 17.1. The normalized spacial score (nSPS) is 18.1. The molecule has 4 rings (SSSR count). The Morgan fingerprint density at radius 3 is 1.94 bits per heavy atom. The number of aliphatic hydroxyl groups excluding tert-OH is 1. The van der Waals surface area contributed by atoms with Crippen LogP contribution in [0.25, 0.3) is 0 Å². The highest BCUT2D eigenvalue weighted by atomic mass is 16.4. The molecule has 23 nitrogen and oxygen atoms in total. The number of likely N-dealkylation sites (tertiary alicyclic amines) is 1. The van der Waals surface area contributed by atoms with Crippen molar-refractivity contribution in [1.29, 1.82) is 0 Å². The number of amides is 10. The number of carboxylic acid groups (broad SMARTS) is 1. The molecule has 0 unspecified atom stereocenters. The number of benzene rings is 2. The van der Waals surface area contributed by atoms with Crippen molar-refractivity contribution in [2.24, 2.45) is 11.7 Å². The fraction of sp³-hybridized carbons (Fsp3) is 0.511. The molecule has 0 aliphatic carbocycles. The van der Waals surface area contributed by atoms with Gasteiger partial charge in [-0.2, -0.15) is 0 Å². The average molecular weight is 950 g/mol. The van der Waals surface area contributed by atoms with Crippen molar-refractivity contribution < 1.29 is 58.2 Å². The van der Waals surface area contributed by atoms with E-state index in [0.29, 0.717) is 24.9 Å². The third kappa shape index (κ3) is 16.0. The highest BCUT2D eigenvalue weighted by molar-refractivity contribution is 5.98. The van der Waals surface area contributed by atoms with E-state index in [-0.39, 0.29) is 25.9 Å². The van der Waals surface area contributed by atoms with Crippen LogP contribution in [0.15, 0.2) is 60.7 Å². The summed E-state index contributed by atoms with van der Waals surface area (Å²) >= 11 is 0. The van der Waals surface area contributed by atoms with E-state index in [4.69, 9.17) is 5.73 Å². The van der Waals surface area contributed by atoms with Gasteiger partial charge in [0, 0.05) is 13.0 Å². The van der Waals surface area contributed by atoms with Crippen LogP contribution >= 0.6 is 0 Å². The maximum atomic E-state index is 13.8. The number of urea groups is 1. The Labute approximate surface area is 393 Å². The molecule has 10 amide bonds. The highest BCUT2D eigenvalue weighted by Crippen LogP contribution is 2.18. The lowest BCUT2D eigenvalue weighted by Gasteiger charge is -2.30. The Hall–Kier alpha value is -7.14. The molecule has 12 N–H and O–H groups in total. The zero-order valence-electron chi connectivity index (χ0n) is 38.5. The van der Waals surface area contributed by atoms with Gasteiger partial charge < -0.3 is 58.1 Å². The number of hydrazine groups is 1. The number of hydrogen-bond donors (Lipinski definition) is 11. The summed E-state index contributed by atoms with van der Waals surface area (Å²) < 4.78 is 0. The number of carbonyl (C=O) groups is 10. The van der Waals surface area contributed by atoms with Crippen LogP contribution in [0.3, 0.4) is 0 Å². The number of aliphatic hydroxyl groups is 1. The first kappa shape index (κ1) is 53.5.